The van der Waals surface area contributed by atoms with E-state index in [0.717, 1.165) is 29.6 Å². The number of aromatic nitrogens is 2. The quantitative estimate of drug-likeness (QED) is 0.873. The highest BCUT2D eigenvalue weighted by molar-refractivity contribution is 5.77. The molecule has 0 spiro atoms. The van der Waals surface area contributed by atoms with Gasteiger partial charge in [0.05, 0.1) is 23.0 Å². The summed E-state index contributed by atoms with van der Waals surface area (Å²) in [6.45, 7) is 2.79. The van der Waals surface area contributed by atoms with Gasteiger partial charge in [-0.15, -0.1) is 0 Å². The fraction of sp³-hybridized carbons (Fsp3) is 0.333. The fourth-order valence-corrected chi connectivity index (χ4v) is 3.12. The maximum atomic E-state index is 12.3. The molecule has 0 saturated carbocycles. The molecule has 22 heavy (non-hydrogen) atoms. The van der Waals surface area contributed by atoms with Crippen molar-refractivity contribution in [2.75, 3.05) is 0 Å². The Labute approximate surface area is 129 Å². The van der Waals surface area contributed by atoms with Gasteiger partial charge in [0.2, 0.25) is 0 Å². The number of nitrogens with zero attached hydrogens (tertiary/aromatic N) is 3. The van der Waals surface area contributed by atoms with E-state index in [1.54, 1.807) is 11.6 Å². The second-order valence-corrected chi connectivity index (χ2v) is 5.69. The second kappa shape index (κ2) is 5.69. The summed E-state index contributed by atoms with van der Waals surface area (Å²) in [5.41, 5.74) is 2.98. The number of imidazole rings is 1. The van der Waals surface area contributed by atoms with E-state index in [1.807, 2.05) is 41.0 Å². The Kier molecular flexibility index (Phi) is 3.72. The van der Waals surface area contributed by atoms with E-state index >= 15 is 0 Å². The van der Waals surface area contributed by atoms with Crippen LogP contribution in [0.4, 0.5) is 0 Å². The molecule has 0 radical (unpaired) electrons. The topological polar surface area (TPSA) is 50.7 Å². The molecule has 0 amide bonds. The number of rotatable bonds is 3. The van der Waals surface area contributed by atoms with Crippen molar-refractivity contribution in [1.29, 1.82) is 5.26 Å². The SMILES string of the molecule is CCCn1c(=O)n(C)c2cc(C3C=CC=CC3C#N)ccc21. The molecule has 3 rings (SSSR count). The smallest absolute Gasteiger partial charge is 0.295 e. The van der Waals surface area contributed by atoms with Crippen LogP contribution in [0.5, 0.6) is 0 Å². The van der Waals surface area contributed by atoms with Crippen molar-refractivity contribution in [3.8, 4) is 6.07 Å². The fourth-order valence-electron chi connectivity index (χ4n) is 3.12. The minimum absolute atomic E-state index is 0.0184. The molecule has 1 aromatic carbocycles. The first-order valence-electron chi connectivity index (χ1n) is 7.61. The van der Waals surface area contributed by atoms with E-state index in [1.165, 1.54) is 0 Å². The van der Waals surface area contributed by atoms with Gasteiger partial charge >= 0.3 is 5.69 Å². The van der Waals surface area contributed by atoms with Gasteiger partial charge in [-0.3, -0.25) is 9.13 Å². The lowest BCUT2D eigenvalue weighted by atomic mass is 9.84. The summed E-state index contributed by atoms with van der Waals surface area (Å²) in [7, 11) is 1.80. The third-order valence-electron chi connectivity index (χ3n) is 4.29. The first-order chi connectivity index (χ1) is 10.7. The van der Waals surface area contributed by atoms with Gasteiger partial charge in [-0.1, -0.05) is 37.3 Å². The van der Waals surface area contributed by atoms with Crippen molar-refractivity contribution in [1.82, 2.24) is 9.13 Å². The molecule has 0 saturated heterocycles. The number of benzene rings is 1. The molecule has 0 fully saturated rings. The predicted molar refractivity (Wildman–Crippen MR) is 87.6 cm³/mol. The Balaban J connectivity index is 2.13. The van der Waals surface area contributed by atoms with Crippen LogP contribution in [0.15, 0.2) is 47.3 Å². The normalized spacial score (nSPS) is 20.4. The van der Waals surface area contributed by atoms with E-state index in [0.29, 0.717) is 0 Å². The van der Waals surface area contributed by atoms with Gasteiger partial charge in [-0.05, 0) is 24.1 Å². The Hall–Kier alpha value is -2.54. The Bertz CT molecular complexity index is 861. The molecule has 4 nitrogen and oxygen atoms in total. The Morgan fingerprint density at radius 1 is 1.23 bits per heavy atom. The number of hydrogen-bond acceptors (Lipinski definition) is 2. The first kappa shape index (κ1) is 14.4. The summed E-state index contributed by atoms with van der Waals surface area (Å²) >= 11 is 0. The number of hydrogen-bond donors (Lipinski definition) is 0. The third kappa shape index (κ3) is 2.19. The van der Waals surface area contributed by atoms with Gasteiger partial charge in [-0.25, -0.2) is 4.79 Å². The van der Waals surface area contributed by atoms with Crippen LogP contribution in [0.3, 0.4) is 0 Å². The summed E-state index contributed by atoms with van der Waals surface area (Å²) in [5, 5.41) is 9.31. The third-order valence-corrected chi connectivity index (χ3v) is 4.29. The Morgan fingerprint density at radius 2 is 2.00 bits per heavy atom. The summed E-state index contributed by atoms with van der Waals surface area (Å²) in [4.78, 5) is 12.3. The van der Waals surface area contributed by atoms with E-state index in [2.05, 4.69) is 19.1 Å². The molecule has 2 unspecified atom stereocenters. The highest BCUT2D eigenvalue weighted by atomic mass is 16.1. The molecule has 0 bridgehead atoms. The molecule has 1 aliphatic rings. The molecule has 4 heteroatoms. The molecule has 1 heterocycles. The van der Waals surface area contributed by atoms with Crippen LogP contribution in [0.25, 0.3) is 11.0 Å². The van der Waals surface area contributed by atoms with Crippen LogP contribution >= 0.6 is 0 Å². The van der Waals surface area contributed by atoms with Crippen molar-refractivity contribution >= 4 is 11.0 Å². The van der Waals surface area contributed by atoms with Crippen LogP contribution in [0, 0.1) is 17.2 Å². The van der Waals surface area contributed by atoms with Gasteiger partial charge in [-0.2, -0.15) is 5.26 Å². The van der Waals surface area contributed by atoms with Gasteiger partial charge in [0.25, 0.3) is 0 Å². The maximum absolute atomic E-state index is 12.3. The number of aryl methyl sites for hydroxylation is 2. The predicted octanol–water partition coefficient (Wildman–Crippen LogP) is 3.10. The van der Waals surface area contributed by atoms with Crippen LogP contribution in [0.2, 0.25) is 0 Å². The second-order valence-electron chi connectivity index (χ2n) is 5.69. The molecule has 0 aliphatic heterocycles. The highest BCUT2D eigenvalue weighted by Gasteiger charge is 2.21. The first-order valence-corrected chi connectivity index (χ1v) is 7.61. The number of nitriles is 1. The average molecular weight is 293 g/mol. The number of allylic oxidation sites excluding steroid dienone is 4. The zero-order valence-corrected chi connectivity index (χ0v) is 12.9. The monoisotopic (exact) mass is 293 g/mol. The summed E-state index contributed by atoms with van der Waals surface area (Å²) < 4.78 is 3.51. The molecule has 1 aromatic heterocycles. The average Bonchev–Trinajstić information content (AvgIpc) is 2.80. The largest absolute Gasteiger partial charge is 0.328 e. The van der Waals surface area contributed by atoms with Crippen molar-refractivity contribution in [3.05, 3.63) is 58.6 Å². The van der Waals surface area contributed by atoms with Crippen molar-refractivity contribution in [3.63, 3.8) is 0 Å². The van der Waals surface area contributed by atoms with Gasteiger partial charge in [0, 0.05) is 19.5 Å². The van der Waals surface area contributed by atoms with Gasteiger partial charge in [0.1, 0.15) is 0 Å². The van der Waals surface area contributed by atoms with E-state index in [-0.39, 0.29) is 17.5 Å². The molecular weight excluding hydrogens is 274 g/mol. The van der Waals surface area contributed by atoms with E-state index in [9.17, 15) is 10.1 Å². The highest BCUT2D eigenvalue weighted by Crippen LogP contribution is 2.31. The molecule has 112 valence electrons. The molecular formula is C18H19N3O. The van der Waals surface area contributed by atoms with Crippen LogP contribution in [-0.2, 0) is 13.6 Å². The van der Waals surface area contributed by atoms with Crippen LogP contribution in [0.1, 0.15) is 24.8 Å². The Morgan fingerprint density at radius 3 is 2.73 bits per heavy atom. The molecule has 1 aliphatic carbocycles. The minimum Gasteiger partial charge on any atom is -0.295 e. The lowest BCUT2D eigenvalue weighted by molar-refractivity contribution is 0.652. The zero-order chi connectivity index (χ0) is 15.7. The van der Waals surface area contributed by atoms with E-state index in [4.69, 9.17) is 0 Å². The van der Waals surface area contributed by atoms with Crippen molar-refractivity contribution < 1.29 is 0 Å². The molecule has 0 N–H and O–H groups in total. The summed E-state index contributed by atoms with van der Waals surface area (Å²) in [6, 6.07) is 8.42. The lowest BCUT2D eigenvalue weighted by Crippen LogP contribution is -2.21. The van der Waals surface area contributed by atoms with Gasteiger partial charge < -0.3 is 0 Å². The molecule has 2 aromatic rings. The van der Waals surface area contributed by atoms with E-state index < -0.39 is 0 Å². The van der Waals surface area contributed by atoms with Crippen molar-refractivity contribution in [2.45, 2.75) is 25.8 Å². The van der Waals surface area contributed by atoms with Gasteiger partial charge in [0.15, 0.2) is 0 Å². The standard InChI is InChI=1S/C18H19N3O/c1-3-10-21-16-9-8-13(11-17(16)20(2)18(21)22)15-7-5-4-6-14(15)12-19/h4-9,11,14-15H,3,10H2,1-2H3. The summed E-state index contributed by atoms with van der Waals surface area (Å²) in [6.07, 6.45) is 8.79. The van der Waals surface area contributed by atoms with Crippen molar-refractivity contribution in [2.24, 2.45) is 13.0 Å². The maximum Gasteiger partial charge on any atom is 0.328 e. The lowest BCUT2D eigenvalue weighted by Gasteiger charge is -2.19. The zero-order valence-electron chi connectivity index (χ0n) is 12.9. The van der Waals surface area contributed by atoms with Crippen LogP contribution < -0.4 is 5.69 Å². The summed E-state index contributed by atoms with van der Waals surface area (Å²) in [5.74, 6) is -0.110. The minimum atomic E-state index is -0.155. The number of fused-ring (bicyclic) bond motifs is 1. The van der Waals surface area contributed by atoms with Crippen LogP contribution in [-0.4, -0.2) is 9.13 Å². The molecule has 2 atom stereocenters.